The molecule has 0 atom stereocenters. The average Bonchev–Trinajstić information content (AvgIpc) is 2.72. The summed E-state index contributed by atoms with van der Waals surface area (Å²) in [4.78, 5) is 18.8. The van der Waals surface area contributed by atoms with Crippen molar-refractivity contribution >= 4 is 15.9 Å². The highest BCUT2D eigenvalue weighted by Gasteiger charge is 2.42. The summed E-state index contributed by atoms with van der Waals surface area (Å²) in [6, 6.07) is 12.0. The van der Waals surface area contributed by atoms with Crippen molar-refractivity contribution in [1.29, 1.82) is 0 Å². The lowest BCUT2D eigenvalue weighted by Gasteiger charge is -2.44. The molecule has 7 nitrogen and oxygen atoms in total. The van der Waals surface area contributed by atoms with E-state index in [0.29, 0.717) is 50.5 Å². The second-order valence-electron chi connectivity index (χ2n) is 7.50. The number of hydrogen-bond donors (Lipinski definition) is 0. The molecule has 148 valence electrons. The molecule has 8 heteroatoms. The Balaban J connectivity index is 1.54. The molecule has 0 saturated carbocycles. The second-order valence-corrected chi connectivity index (χ2v) is 9.52. The van der Waals surface area contributed by atoms with Crippen molar-refractivity contribution in [3.8, 4) is 5.75 Å². The number of ether oxygens (including phenoxy) is 1. The number of nitrogens with zero attached hydrogens (tertiary/aromatic N) is 3. The predicted molar refractivity (Wildman–Crippen MR) is 104 cm³/mol. The number of para-hydroxylation sites is 1. The highest BCUT2D eigenvalue weighted by atomic mass is 32.2. The number of rotatable bonds is 1. The Hall–Kier alpha value is -2.45. The third-order valence-corrected chi connectivity index (χ3v) is 7.47. The Morgan fingerprint density at radius 3 is 2.54 bits per heavy atom. The van der Waals surface area contributed by atoms with Crippen LogP contribution in [0.3, 0.4) is 0 Å². The number of hydrogen-bond acceptors (Lipinski definition) is 5. The summed E-state index contributed by atoms with van der Waals surface area (Å²) in [5, 5.41) is 0. The van der Waals surface area contributed by atoms with Crippen LogP contribution in [0.1, 0.15) is 23.3 Å². The quantitative estimate of drug-likeness (QED) is 0.730. The van der Waals surface area contributed by atoms with Crippen LogP contribution < -0.4 is 4.74 Å². The van der Waals surface area contributed by atoms with Crippen molar-refractivity contribution in [2.45, 2.75) is 17.7 Å². The van der Waals surface area contributed by atoms with Gasteiger partial charge < -0.3 is 9.64 Å². The number of aromatic nitrogens is 1. The molecule has 1 saturated heterocycles. The number of carbonyl (C=O) groups is 1. The number of piperidine rings is 1. The Bertz CT molecular complexity index is 970. The largest absolute Gasteiger partial charge is 0.492 e. The number of fused-ring (bicyclic) bond motifs is 1. The molecule has 1 amide bonds. The van der Waals surface area contributed by atoms with Crippen LogP contribution in [0.5, 0.6) is 5.75 Å². The topological polar surface area (TPSA) is 79.8 Å². The van der Waals surface area contributed by atoms with E-state index in [4.69, 9.17) is 4.74 Å². The maximum absolute atomic E-state index is 12.9. The van der Waals surface area contributed by atoms with Gasteiger partial charge >= 0.3 is 0 Å². The van der Waals surface area contributed by atoms with Crippen LogP contribution in [0.2, 0.25) is 0 Å². The van der Waals surface area contributed by atoms with Gasteiger partial charge in [-0.25, -0.2) is 12.7 Å². The molecular weight excluding hydrogens is 378 g/mol. The molecule has 1 fully saturated rings. The van der Waals surface area contributed by atoms with E-state index in [1.165, 1.54) is 4.31 Å². The van der Waals surface area contributed by atoms with Gasteiger partial charge in [0.25, 0.3) is 5.91 Å². The molecule has 0 N–H and O–H groups in total. The van der Waals surface area contributed by atoms with Gasteiger partial charge in [0.1, 0.15) is 16.3 Å². The highest BCUT2D eigenvalue weighted by Crippen LogP contribution is 2.38. The fourth-order valence-corrected chi connectivity index (χ4v) is 5.33. The van der Waals surface area contributed by atoms with Crippen LogP contribution >= 0.6 is 0 Å². The molecule has 3 heterocycles. The molecule has 1 aromatic heterocycles. The van der Waals surface area contributed by atoms with Crippen LogP contribution in [-0.4, -0.2) is 61.8 Å². The number of carbonyl (C=O) groups excluding carboxylic acids is 1. The molecule has 0 aliphatic carbocycles. The van der Waals surface area contributed by atoms with Crippen molar-refractivity contribution in [2.24, 2.45) is 5.41 Å². The van der Waals surface area contributed by atoms with Gasteiger partial charge in [0.05, 0.1) is 6.61 Å². The zero-order chi connectivity index (χ0) is 19.8. The van der Waals surface area contributed by atoms with E-state index >= 15 is 0 Å². The second kappa shape index (κ2) is 7.18. The minimum atomic E-state index is -3.61. The van der Waals surface area contributed by atoms with Crippen molar-refractivity contribution in [1.82, 2.24) is 14.2 Å². The third kappa shape index (κ3) is 3.38. The van der Waals surface area contributed by atoms with E-state index in [1.807, 2.05) is 0 Å². The maximum atomic E-state index is 12.9. The van der Waals surface area contributed by atoms with Gasteiger partial charge in [-0.1, -0.05) is 18.2 Å². The Kier molecular flexibility index (Phi) is 4.84. The Labute approximate surface area is 165 Å². The molecule has 2 aliphatic heterocycles. The molecule has 1 spiro atoms. The summed E-state index contributed by atoms with van der Waals surface area (Å²) in [5.41, 5.74) is 0.108. The molecule has 0 radical (unpaired) electrons. The molecular formula is C20H23N3O4S. The highest BCUT2D eigenvalue weighted by molar-refractivity contribution is 7.89. The predicted octanol–water partition coefficient (Wildman–Crippen LogP) is 2.02. The molecule has 0 bridgehead atoms. The molecule has 1 aromatic carbocycles. The molecule has 28 heavy (non-hydrogen) atoms. The molecule has 4 rings (SSSR count). The van der Waals surface area contributed by atoms with E-state index in [2.05, 4.69) is 4.98 Å². The van der Waals surface area contributed by atoms with E-state index in [1.54, 1.807) is 60.6 Å². The SMILES string of the molecule is CN1CC2(CCN(C(=O)c3ccccn3)CC2)COc2ccccc2S1(=O)=O. The lowest BCUT2D eigenvalue weighted by Crippen LogP contribution is -2.51. The minimum Gasteiger partial charge on any atom is -0.492 e. The minimum absolute atomic E-state index is 0.0893. The molecule has 2 aromatic rings. The smallest absolute Gasteiger partial charge is 0.272 e. The summed E-state index contributed by atoms with van der Waals surface area (Å²) in [7, 11) is -2.00. The van der Waals surface area contributed by atoms with Gasteiger partial charge in [-0.15, -0.1) is 0 Å². The number of sulfonamides is 1. The number of amides is 1. The van der Waals surface area contributed by atoms with Crippen molar-refractivity contribution < 1.29 is 17.9 Å². The van der Waals surface area contributed by atoms with Gasteiger partial charge in [0.15, 0.2) is 0 Å². The summed E-state index contributed by atoms with van der Waals surface area (Å²) in [5.74, 6) is 0.300. The monoisotopic (exact) mass is 401 g/mol. The van der Waals surface area contributed by atoms with Gasteiger partial charge in [0.2, 0.25) is 10.0 Å². The number of pyridine rings is 1. The Morgan fingerprint density at radius 1 is 1.11 bits per heavy atom. The van der Waals surface area contributed by atoms with Gasteiger partial charge in [0, 0.05) is 38.3 Å². The lowest BCUT2D eigenvalue weighted by molar-refractivity contribution is 0.0321. The summed E-state index contributed by atoms with van der Waals surface area (Å²) in [6.45, 7) is 1.90. The van der Waals surface area contributed by atoms with Crippen LogP contribution in [0.25, 0.3) is 0 Å². The van der Waals surface area contributed by atoms with Gasteiger partial charge in [-0.05, 0) is 37.1 Å². The van der Waals surface area contributed by atoms with Crippen molar-refractivity contribution in [3.05, 3.63) is 54.4 Å². The fraction of sp³-hybridized carbons (Fsp3) is 0.400. The zero-order valence-electron chi connectivity index (χ0n) is 15.7. The van der Waals surface area contributed by atoms with Crippen LogP contribution in [0.4, 0.5) is 0 Å². The van der Waals surface area contributed by atoms with Crippen LogP contribution in [0.15, 0.2) is 53.6 Å². The normalized spacial score (nSPS) is 21.2. The first kappa shape index (κ1) is 18.9. The number of benzene rings is 1. The Morgan fingerprint density at radius 2 is 1.82 bits per heavy atom. The lowest BCUT2D eigenvalue weighted by atomic mass is 9.78. The fourth-order valence-electron chi connectivity index (χ4n) is 3.92. The van der Waals surface area contributed by atoms with Crippen LogP contribution in [-0.2, 0) is 10.0 Å². The van der Waals surface area contributed by atoms with E-state index in [9.17, 15) is 13.2 Å². The first-order chi connectivity index (χ1) is 13.4. The summed E-state index contributed by atoms with van der Waals surface area (Å²) >= 11 is 0. The zero-order valence-corrected chi connectivity index (χ0v) is 16.6. The summed E-state index contributed by atoms with van der Waals surface area (Å²) in [6.07, 6.45) is 2.96. The van der Waals surface area contributed by atoms with E-state index in [-0.39, 0.29) is 16.2 Å². The average molecular weight is 401 g/mol. The molecule has 0 unspecified atom stereocenters. The van der Waals surface area contributed by atoms with Crippen LogP contribution in [0, 0.1) is 5.41 Å². The van der Waals surface area contributed by atoms with Crippen molar-refractivity contribution in [2.75, 3.05) is 33.3 Å². The van der Waals surface area contributed by atoms with E-state index in [0.717, 1.165) is 0 Å². The first-order valence-corrected chi connectivity index (χ1v) is 10.7. The van der Waals surface area contributed by atoms with Crippen molar-refractivity contribution in [3.63, 3.8) is 0 Å². The number of likely N-dealkylation sites (tertiary alicyclic amines) is 1. The maximum Gasteiger partial charge on any atom is 0.272 e. The molecule has 2 aliphatic rings. The first-order valence-electron chi connectivity index (χ1n) is 9.30. The van der Waals surface area contributed by atoms with E-state index < -0.39 is 10.0 Å². The van der Waals surface area contributed by atoms with Gasteiger partial charge in [-0.2, -0.15) is 0 Å². The van der Waals surface area contributed by atoms with Gasteiger partial charge in [-0.3, -0.25) is 9.78 Å². The standard InChI is InChI=1S/C20H23N3O4S/c1-22-14-20(15-27-17-7-2-3-8-18(17)28(22,25)26)9-12-23(13-10-20)19(24)16-6-4-5-11-21-16/h2-8,11H,9-10,12-15H2,1H3. The third-order valence-electron chi connectivity index (χ3n) is 5.62. The summed E-state index contributed by atoms with van der Waals surface area (Å²) < 4.78 is 33.3.